The lowest BCUT2D eigenvalue weighted by Crippen LogP contribution is -2.65. The number of hydrogen-bond donors (Lipinski definition) is 5. The molecule has 0 unspecified atom stereocenters. The first-order chi connectivity index (χ1) is 13.6. The predicted molar refractivity (Wildman–Crippen MR) is 99.4 cm³/mol. The molecule has 2 fully saturated rings. The second-order valence-corrected chi connectivity index (χ2v) is 7.10. The van der Waals surface area contributed by atoms with Crippen LogP contribution in [0.3, 0.4) is 0 Å². The van der Waals surface area contributed by atoms with Crippen molar-refractivity contribution in [1.29, 1.82) is 0 Å². The van der Waals surface area contributed by atoms with Gasteiger partial charge in [-0.15, -0.1) is 0 Å². The Labute approximate surface area is 161 Å². The highest BCUT2D eigenvalue weighted by molar-refractivity contribution is 5.83. The smallest absolute Gasteiger partial charge is 0.237 e. The quantitative estimate of drug-likeness (QED) is 0.438. The third-order valence-corrected chi connectivity index (χ3v) is 5.33. The van der Waals surface area contributed by atoms with Crippen LogP contribution in [0.1, 0.15) is 19.8 Å². The molecule has 11 nitrogen and oxygen atoms in total. The van der Waals surface area contributed by atoms with Gasteiger partial charge >= 0.3 is 0 Å². The third kappa shape index (κ3) is 3.53. The number of aliphatic hydroxyl groups is 1. The van der Waals surface area contributed by atoms with Crippen LogP contribution < -0.4 is 16.0 Å². The van der Waals surface area contributed by atoms with Gasteiger partial charge in [-0.25, -0.2) is 15.0 Å². The number of methoxy groups -OCH3 is 1. The average molecular weight is 391 g/mol. The zero-order valence-electron chi connectivity index (χ0n) is 15.8. The van der Waals surface area contributed by atoms with E-state index in [9.17, 15) is 9.90 Å². The number of aromatic nitrogens is 4. The highest BCUT2D eigenvalue weighted by Gasteiger charge is 2.45. The van der Waals surface area contributed by atoms with E-state index < -0.39 is 30.6 Å². The molecule has 0 aliphatic carbocycles. The van der Waals surface area contributed by atoms with E-state index in [1.807, 2.05) is 6.92 Å². The van der Waals surface area contributed by atoms with Crippen LogP contribution in [-0.4, -0.2) is 81.2 Å². The summed E-state index contributed by atoms with van der Waals surface area (Å²) in [5.74, 6) is 0.361. The van der Waals surface area contributed by atoms with Crippen LogP contribution in [0.15, 0.2) is 12.7 Å². The minimum atomic E-state index is -1.03. The molecule has 0 saturated carbocycles. The largest absolute Gasteiger partial charge is 0.386 e. The first kappa shape index (κ1) is 19.0. The molecule has 0 aromatic carbocycles. The molecule has 5 N–H and O–H groups in total. The molecule has 4 heterocycles. The standard InChI is InChI=1S/C17H25N7O4/c1-8-10(23-16(26)9-4-3-5-18-9)13(27-2)12(25)17(28-8)24-15-11-14(20-6-19-11)21-7-22-15/h6-10,12-13,17-18,25H,3-5H2,1-2H3,(H,23,26)(H2,19,20,21,22,24)/t8-,9+,10-,12-,13+,17-/m0/s1. The first-order valence-electron chi connectivity index (χ1n) is 9.39. The van der Waals surface area contributed by atoms with Crippen LogP contribution in [0.4, 0.5) is 5.82 Å². The van der Waals surface area contributed by atoms with Crippen molar-refractivity contribution in [2.45, 2.75) is 56.4 Å². The zero-order chi connectivity index (χ0) is 19.7. The SMILES string of the molecule is CO[C@H]1[C@H](O)[C@@H](Nc2ncnc3nc[nH]c23)O[C@@H](C)[C@@H]1NC(=O)[C@H]1CCCN1. The molecule has 6 atom stereocenters. The Kier molecular flexibility index (Phi) is 5.40. The van der Waals surface area contributed by atoms with Crippen molar-refractivity contribution in [3.8, 4) is 0 Å². The fourth-order valence-electron chi connectivity index (χ4n) is 3.84. The van der Waals surface area contributed by atoms with Crippen LogP contribution in [0.2, 0.25) is 0 Å². The molecule has 11 heteroatoms. The van der Waals surface area contributed by atoms with Crippen molar-refractivity contribution >= 4 is 22.9 Å². The van der Waals surface area contributed by atoms with E-state index in [0.29, 0.717) is 17.0 Å². The van der Waals surface area contributed by atoms with E-state index in [-0.39, 0.29) is 11.9 Å². The van der Waals surface area contributed by atoms with E-state index in [1.165, 1.54) is 19.8 Å². The topological polar surface area (TPSA) is 146 Å². The number of anilines is 1. The van der Waals surface area contributed by atoms with Gasteiger partial charge in [0.2, 0.25) is 5.91 Å². The number of fused-ring (bicyclic) bond motifs is 1. The molecule has 152 valence electrons. The van der Waals surface area contributed by atoms with Gasteiger partial charge in [-0.1, -0.05) is 0 Å². The lowest BCUT2D eigenvalue weighted by Gasteiger charge is -2.44. The molecule has 1 amide bonds. The summed E-state index contributed by atoms with van der Waals surface area (Å²) in [6.07, 6.45) is 1.82. The van der Waals surface area contributed by atoms with Crippen LogP contribution in [0.5, 0.6) is 0 Å². The summed E-state index contributed by atoms with van der Waals surface area (Å²) in [7, 11) is 1.51. The molecule has 0 spiro atoms. The number of rotatable bonds is 5. The summed E-state index contributed by atoms with van der Waals surface area (Å²) in [5, 5.41) is 20.1. The zero-order valence-corrected chi connectivity index (χ0v) is 15.8. The van der Waals surface area contributed by atoms with E-state index in [4.69, 9.17) is 9.47 Å². The lowest BCUT2D eigenvalue weighted by atomic mass is 9.95. The Morgan fingerprint density at radius 1 is 1.39 bits per heavy atom. The minimum Gasteiger partial charge on any atom is -0.386 e. The molecule has 0 radical (unpaired) electrons. The summed E-state index contributed by atoms with van der Waals surface area (Å²) in [6, 6.07) is -0.696. The van der Waals surface area contributed by atoms with Gasteiger partial charge < -0.3 is 35.5 Å². The molecule has 0 bridgehead atoms. The average Bonchev–Trinajstić information content (AvgIpc) is 3.38. The fourth-order valence-corrected chi connectivity index (χ4v) is 3.84. The van der Waals surface area contributed by atoms with Crippen molar-refractivity contribution in [2.75, 3.05) is 19.0 Å². The molecule has 4 rings (SSSR count). The number of aromatic amines is 1. The summed E-state index contributed by atoms with van der Waals surface area (Å²) in [6.45, 7) is 2.67. The van der Waals surface area contributed by atoms with Crippen LogP contribution in [-0.2, 0) is 14.3 Å². The molecule has 2 aromatic heterocycles. The Bertz CT molecular complexity index is 825. The second kappa shape index (κ2) is 7.95. The molecular formula is C17H25N7O4. The maximum Gasteiger partial charge on any atom is 0.237 e. The molecule has 2 aliphatic heterocycles. The summed E-state index contributed by atoms with van der Waals surface area (Å²) >= 11 is 0. The van der Waals surface area contributed by atoms with Gasteiger partial charge in [0, 0.05) is 7.11 Å². The normalized spacial score (nSPS) is 33.1. The number of imidazole rings is 1. The van der Waals surface area contributed by atoms with Crippen LogP contribution in [0.25, 0.3) is 11.2 Å². The maximum atomic E-state index is 12.5. The number of amides is 1. The number of aliphatic hydroxyl groups excluding tert-OH is 1. The monoisotopic (exact) mass is 391 g/mol. The maximum absolute atomic E-state index is 12.5. The van der Waals surface area contributed by atoms with Gasteiger partial charge in [0.15, 0.2) is 17.7 Å². The van der Waals surface area contributed by atoms with Gasteiger partial charge in [0.25, 0.3) is 0 Å². The number of carbonyl (C=O) groups is 1. The highest BCUT2D eigenvalue weighted by atomic mass is 16.5. The number of ether oxygens (including phenoxy) is 2. The first-order valence-corrected chi connectivity index (χ1v) is 9.39. The van der Waals surface area contributed by atoms with Crippen molar-refractivity contribution in [2.24, 2.45) is 0 Å². The second-order valence-electron chi connectivity index (χ2n) is 7.10. The lowest BCUT2D eigenvalue weighted by molar-refractivity contribution is -0.181. The van der Waals surface area contributed by atoms with E-state index in [1.54, 1.807) is 0 Å². The van der Waals surface area contributed by atoms with Gasteiger partial charge in [-0.2, -0.15) is 0 Å². The summed E-state index contributed by atoms with van der Waals surface area (Å²) in [5.41, 5.74) is 1.12. The molecular weight excluding hydrogens is 366 g/mol. The van der Waals surface area contributed by atoms with Crippen molar-refractivity contribution in [1.82, 2.24) is 30.6 Å². The molecule has 2 aliphatic rings. The van der Waals surface area contributed by atoms with Crippen molar-refractivity contribution in [3.05, 3.63) is 12.7 Å². The Morgan fingerprint density at radius 2 is 2.25 bits per heavy atom. The van der Waals surface area contributed by atoms with E-state index >= 15 is 0 Å². The van der Waals surface area contributed by atoms with Gasteiger partial charge in [0.1, 0.15) is 24.1 Å². The third-order valence-electron chi connectivity index (χ3n) is 5.33. The van der Waals surface area contributed by atoms with Gasteiger partial charge in [-0.05, 0) is 26.3 Å². The Morgan fingerprint density at radius 3 is 3.00 bits per heavy atom. The number of hydrogen-bond acceptors (Lipinski definition) is 9. The van der Waals surface area contributed by atoms with Gasteiger partial charge in [0.05, 0.1) is 24.5 Å². The Balaban J connectivity index is 1.48. The fraction of sp³-hybridized carbons (Fsp3) is 0.647. The predicted octanol–water partition coefficient (Wildman–Crippen LogP) is -0.878. The molecule has 28 heavy (non-hydrogen) atoms. The minimum absolute atomic E-state index is 0.103. The highest BCUT2D eigenvalue weighted by Crippen LogP contribution is 2.26. The van der Waals surface area contributed by atoms with Crippen molar-refractivity contribution in [3.63, 3.8) is 0 Å². The number of nitrogens with one attached hydrogen (secondary N) is 4. The van der Waals surface area contributed by atoms with E-state index in [0.717, 1.165) is 19.4 Å². The molecule has 2 saturated heterocycles. The number of H-pyrrole nitrogens is 1. The number of nitrogens with zero attached hydrogens (tertiary/aromatic N) is 3. The van der Waals surface area contributed by atoms with Gasteiger partial charge in [-0.3, -0.25) is 4.79 Å². The number of carbonyl (C=O) groups excluding carboxylic acids is 1. The molecule has 2 aromatic rings. The summed E-state index contributed by atoms with van der Waals surface area (Å²) in [4.78, 5) is 27.8. The van der Waals surface area contributed by atoms with E-state index in [2.05, 4.69) is 35.9 Å². The van der Waals surface area contributed by atoms with Crippen LogP contribution in [0, 0.1) is 0 Å². The van der Waals surface area contributed by atoms with Crippen LogP contribution >= 0.6 is 0 Å². The summed E-state index contributed by atoms with van der Waals surface area (Å²) < 4.78 is 11.5. The van der Waals surface area contributed by atoms with Crippen molar-refractivity contribution < 1.29 is 19.4 Å². The Hall–Kier alpha value is -2.34.